The van der Waals surface area contributed by atoms with Crippen LogP contribution in [-0.4, -0.2) is 42.1 Å². The van der Waals surface area contributed by atoms with E-state index in [2.05, 4.69) is 90.8 Å². The Morgan fingerprint density at radius 1 is 1.02 bits per heavy atom. The number of aryl methyl sites for hydroxylation is 2. The molecule has 1 aromatic heterocycles. The second kappa shape index (κ2) is 19.9. The van der Waals surface area contributed by atoms with Crippen LogP contribution in [0.3, 0.4) is 0 Å². The molecule has 0 spiro atoms. The first kappa shape index (κ1) is 36.9. The highest BCUT2D eigenvalue weighted by molar-refractivity contribution is 6.06. The van der Waals surface area contributed by atoms with Crippen molar-refractivity contribution in [3.8, 4) is 0 Å². The van der Waals surface area contributed by atoms with Gasteiger partial charge in [-0.2, -0.15) is 0 Å². The molecule has 1 atom stereocenters. The number of rotatable bonds is 12. The molecule has 1 amide bonds. The van der Waals surface area contributed by atoms with Crippen molar-refractivity contribution in [2.24, 2.45) is 5.92 Å². The third-order valence-electron chi connectivity index (χ3n) is 8.64. The highest BCUT2D eigenvalue weighted by Crippen LogP contribution is 2.37. The largest absolute Gasteiger partial charge is 0.354 e. The zero-order chi connectivity index (χ0) is 32.4. The van der Waals surface area contributed by atoms with Crippen molar-refractivity contribution in [1.29, 1.82) is 0 Å². The summed E-state index contributed by atoms with van der Waals surface area (Å²) in [5.41, 5.74) is 5.44. The molecule has 0 aliphatic carbocycles. The molecule has 6 nitrogen and oxygen atoms in total. The van der Waals surface area contributed by atoms with Crippen LogP contribution in [0.4, 0.5) is 11.6 Å². The molecular weight excluding hydrogens is 542 g/mol. The number of hydrogen-bond donors (Lipinski definition) is 2. The van der Waals surface area contributed by atoms with Crippen LogP contribution < -0.4 is 15.5 Å². The van der Waals surface area contributed by atoms with Crippen molar-refractivity contribution >= 4 is 17.5 Å². The van der Waals surface area contributed by atoms with Gasteiger partial charge in [0.15, 0.2) is 0 Å². The van der Waals surface area contributed by atoms with Crippen molar-refractivity contribution in [2.45, 2.75) is 106 Å². The average molecular weight is 602 g/mol. The number of amides is 1. The fourth-order valence-corrected chi connectivity index (χ4v) is 5.77. The molecule has 1 fully saturated rings. The standard InChI is InChI=1S/C22H32N4O.C14H21N.C2H6/c1-6-16(4)12-13-26(19-11-9-10-18(7-2)14-19)21(27)20-15-24-22(23-8-3)25-17(20)5;1-2-8-14(9-11-15-12-10-14)13-6-4-3-5-7-13;1-2/h9-11,14-16H,6-8,12-13H2,1-5H3,(H,23,24,25);3-7,15H,2,8-12H2,1H3;1-2H3. The van der Waals surface area contributed by atoms with Crippen molar-refractivity contribution < 1.29 is 4.79 Å². The molecule has 0 bridgehead atoms. The fraction of sp³-hybridized carbons (Fsp3) is 0.553. The third-order valence-corrected chi connectivity index (χ3v) is 8.64. The van der Waals surface area contributed by atoms with Crippen molar-refractivity contribution in [3.63, 3.8) is 0 Å². The maximum atomic E-state index is 13.4. The molecule has 2 heterocycles. The predicted molar refractivity (Wildman–Crippen MR) is 189 cm³/mol. The molecule has 1 aliphatic rings. The summed E-state index contributed by atoms with van der Waals surface area (Å²) < 4.78 is 0. The summed E-state index contributed by atoms with van der Waals surface area (Å²) in [5, 5.41) is 6.56. The Morgan fingerprint density at radius 2 is 1.73 bits per heavy atom. The van der Waals surface area contributed by atoms with Crippen LogP contribution in [0.15, 0.2) is 60.8 Å². The molecule has 242 valence electrons. The van der Waals surface area contributed by atoms with E-state index < -0.39 is 0 Å². The Morgan fingerprint density at radius 3 is 2.32 bits per heavy atom. The van der Waals surface area contributed by atoms with E-state index >= 15 is 0 Å². The Labute approximate surface area is 268 Å². The first-order valence-corrected chi connectivity index (χ1v) is 17.1. The molecule has 44 heavy (non-hydrogen) atoms. The monoisotopic (exact) mass is 601 g/mol. The number of carbonyl (C=O) groups excluding carboxylic acids is 1. The summed E-state index contributed by atoms with van der Waals surface area (Å²) >= 11 is 0. The van der Waals surface area contributed by atoms with Gasteiger partial charge in [-0.1, -0.05) is 96.8 Å². The summed E-state index contributed by atoms with van der Waals surface area (Å²) in [6.07, 6.45) is 9.87. The lowest BCUT2D eigenvalue weighted by Gasteiger charge is -2.38. The summed E-state index contributed by atoms with van der Waals surface area (Å²) in [5.74, 6) is 1.10. The van der Waals surface area contributed by atoms with E-state index in [0.29, 0.717) is 35.1 Å². The normalized spacial score (nSPS) is 14.3. The van der Waals surface area contributed by atoms with Crippen LogP contribution >= 0.6 is 0 Å². The second-order valence-corrected chi connectivity index (χ2v) is 11.7. The van der Waals surface area contributed by atoms with E-state index in [9.17, 15) is 4.79 Å². The number of piperidine rings is 1. The summed E-state index contributed by atoms with van der Waals surface area (Å²) in [6, 6.07) is 19.3. The molecule has 0 radical (unpaired) electrons. The Hall–Kier alpha value is -3.25. The van der Waals surface area contributed by atoms with Crippen LogP contribution in [0, 0.1) is 12.8 Å². The first-order chi connectivity index (χ1) is 21.4. The Kier molecular flexibility index (Phi) is 16.7. The lowest BCUT2D eigenvalue weighted by atomic mass is 9.70. The highest BCUT2D eigenvalue weighted by Gasteiger charge is 2.32. The molecule has 4 rings (SSSR count). The molecule has 0 saturated carbocycles. The number of anilines is 2. The van der Waals surface area contributed by atoms with Gasteiger partial charge in [0.25, 0.3) is 5.91 Å². The highest BCUT2D eigenvalue weighted by atomic mass is 16.2. The number of nitrogens with one attached hydrogen (secondary N) is 2. The molecule has 2 aromatic carbocycles. The average Bonchev–Trinajstić information content (AvgIpc) is 3.07. The molecule has 2 N–H and O–H groups in total. The summed E-state index contributed by atoms with van der Waals surface area (Å²) in [6.45, 7) is 20.5. The van der Waals surface area contributed by atoms with Gasteiger partial charge < -0.3 is 15.5 Å². The van der Waals surface area contributed by atoms with Gasteiger partial charge in [-0.05, 0) is 93.6 Å². The van der Waals surface area contributed by atoms with Crippen LogP contribution in [-0.2, 0) is 11.8 Å². The van der Waals surface area contributed by atoms with Gasteiger partial charge >= 0.3 is 0 Å². The topological polar surface area (TPSA) is 70.2 Å². The van der Waals surface area contributed by atoms with Gasteiger partial charge in [0, 0.05) is 25.0 Å². The van der Waals surface area contributed by atoms with Gasteiger partial charge in [0.1, 0.15) is 0 Å². The van der Waals surface area contributed by atoms with Crippen molar-refractivity contribution in [3.05, 3.63) is 83.2 Å². The second-order valence-electron chi connectivity index (χ2n) is 11.7. The minimum atomic E-state index is -0.0351. The summed E-state index contributed by atoms with van der Waals surface area (Å²) in [4.78, 5) is 24.0. The van der Waals surface area contributed by atoms with E-state index in [1.807, 2.05) is 44.7 Å². The molecule has 1 unspecified atom stereocenters. The molecule has 1 aliphatic heterocycles. The Bertz CT molecular complexity index is 1220. The van der Waals surface area contributed by atoms with E-state index in [1.54, 1.807) is 11.8 Å². The zero-order valence-corrected chi connectivity index (χ0v) is 28.9. The molecule has 1 saturated heterocycles. The van der Waals surface area contributed by atoms with Crippen LogP contribution in [0.5, 0.6) is 0 Å². The minimum Gasteiger partial charge on any atom is -0.354 e. The van der Waals surface area contributed by atoms with E-state index in [0.717, 1.165) is 31.5 Å². The van der Waals surface area contributed by atoms with E-state index in [-0.39, 0.29) is 5.91 Å². The maximum absolute atomic E-state index is 13.4. The van der Waals surface area contributed by atoms with E-state index in [4.69, 9.17) is 0 Å². The minimum absolute atomic E-state index is 0.0351. The smallest absolute Gasteiger partial charge is 0.261 e. The van der Waals surface area contributed by atoms with Gasteiger partial charge in [-0.15, -0.1) is 0 Å². The first-order valence-electron chi connectivity index (χ1n) is 17.1. The van der Waals surface area contributed by atoms with E-state index in [1.165, 1.54) is 44.3 Å². The van der Waals surface area contributed by atoms with Crippen molar-refractivity contribution in [2.75, 3.05) is 36.4 Å². The zero-order valence-electron chi connectivity index (χ0n) is 28.9. The van der Waals surface area contributed by atoms with Gasteiger partial charge in [-0.3, -0.25) is 4.79 Å². The van der Waals surface area contributed by atoms with Gasteiger partial charge in [0.2, 0.25) is 5.95 Å². The lowest BCUT2D eigenvalue weighted by Crippen LogP contribution is -2.39. The SMILES string of the molecule is CC.CCCC1(c2ccccc2)CCNCC1.CCNc1ncc(C(=O)N(CCC(C)CC)c2cccc(CC)c2)c(C)n1. The van der Waals surface area contributed by atoms with Crippen LogP contribution in [0.2, 0.25) is 0 Å². The van der Waals surface area contributed by atoms with Gasteiger partial charge in [0.05, 0.1) is 11.3 Å². The van der Waals surface area contributed by atoms with Crippen LogP contribution in [0.25, 0.3) is 0 Å². The molecule has 3 aromatic rings. The number of carbonyl (C=O) groups is 1. The van der Waals surface area contributed by atoms with Crippen LogP contribution in [0.1, 0.15) is 114 Å². The molecular formula is C38H59N5O. The number of nitrogens with zero attached hydrogens (tertiary/aromatic N) is 3. The van der Waals surface area contributed by atoms with Gasteiger partial charge in [-0.25, -0.2) is 9.97 Å². The number of aromatic nitrogens is 2. The molecule has 6 heteroatoms. The lowest BCUT2D eigenvalue weighted by molar-refractivity contribution is 0.0984. The third kappa shape index (κ3) is 10.7. The summed E-state index contributed by atoms with van der Waals surface area (Å²) in [7, 11) is 0. The quantitative estimate of drug-likeness (QED) is 0.217. The number of benzene rings is 2. The maximum Gasteiger partial charge on any atom is 0.261 e. The predicted octanol–water partition coefficient (Wildman–Crippen LogP) is 9.00. The fourth-order valence-electron chi connectivity index (χ4n) is 5.77. The van der Waals surface area contributed by atoms with Crippen molar-refractivity contribution in [1.82, 2.24) is 15.3 Å². The Balaban J connectivity index is 0.000000333. The number of hydrogen-bond acceptors (Lipinski definition) is 5.